The van der Waals surface area contributed by atoms with Gasteiger partial charge in [-0.1, -0.05) is 24.3 Å². The quantitative estimate of drug-likeness (QED) is 0.239. The number of amides is 3. The minimum atomic E-state index is -1.00. The zero-order chi connectivity index (χ0) is 24.9. The summed E-state index contributed by atoms with van der Waals surface area (Å²) in [5.41, 5.74) is 12.6. The first-order chi connectivity index (χ1) is 16.9. The lowest BCUT2D eigenvalue weighted by atomic mass is 10.0. The van der Waals surface area contributed by atoms with Crippen LogP contribution in [0.4, 0.5) is 5.69 Å². The molecule has 3 amide bonds. The third kappa shape index (κ3) is 5.04. The first kappa shape index (κ1) is 24.4. The van der Waals surface area contributed by atoms with Crippen molar-refractivity contribution < 1.29 is 19.1 Å². The predicted molar refractivity (Wildman–Crippen MR) is 135 cm³/mol. The molecule has 0 aliphatic rings. The number of fused-ring (bicyclic) bond motifs is 1. The number of nitrogens with two attached hydrogens (primary N) is 2. The summed E-state index contributed by atoms with van der Waals surface area (Å²) < 4.78 is 9.04. The molecular formula is C23H24N6O4S2. The number of thiophene rings is 1. The number of para-hydroxylation sites is 1. The van der Waals surface area contributed by atoms with Crippen molar-refractivity contribution in [3.05, 3.63) is 69.0 Å². The van der Waals surface area contributed by atoms with Crippen molar-refractivity contribution in [1.82, 2.24) is 19.6 Å². The van der Waals surface area contributed by atoms with Gasteiger partial charge in [-0.25, -0.2) is 0 Å². The molecule has 4 rings (SSSR count). The number of carbonyl (C=O) groups excluding carboxylic acids is 3. The molecule has 10 nitrogen and oxygen atoms in total. The minimum Gasteiger partial charge on any atom is -0.395 e. The molecule has 35 heavy (non-hydrogen) atoms. The Labute approximate surface area is 209 Å². The number of nitrogens with zero attached hydrogens (tertiary/aromatic N) is 2. The van der Waals surface area contributed by atoms with Gasteiger partial charge in [-0.2, -0.15) is 4.37 Å². The van der Waals surface area contributed by atoms with Crippen LogP contribution in [0.25, 0.3) is 10.9 Å². The van der Waals surface area contributed by atoms with Gasteiger partial charge < -0.3 is 31.4 Å². The first-order valence-corrected chi connectivity index (χ1v) is 12.3. The molecule has 0 bridgehead atoms. The van der Waals surface area contributed by atoms with Crippen molar-refractivity contribution in [3.8, 4) is 0 Å². The van der Waals surface area contributed by atoms with Crippen LogP contribution in [-0.4, -0.2) is 52.2 Å². The maximum atomic E-state index is 13.9. The van der Waals surface area contributed by atoms with Gasteiger partial charge in [-0.05, 0) is 29.0 Å². The van der Waals surface area contributed by atoms with Gasteiger partial charge >= 0.3 is 0 Å². The number of anilines is 1. The minimum absolute atomic E-state index is 0.0462. The summed E-state index contributed by atoms with van der Waals surface area (Å²) in [5, 5.41) is 5.55. The van der Waals surface area contributed by atoms with E-state index in [1.54, 1.807) is 13.3 Å². The Balaban J connectivity index is 1.83. The van der Waals surface area contributed by atoms with Crippen LogP contribution >= 0.6 is 22.9 Å². The third-order valence-corrected chi connectivity index (χ3v) is 7.12. The molecule has 0 fully saturated rings. The lowest BCUT2D eigenvalue weighted by Crippen LogP contribution is -2.44. The molecule has 0 unspecified atom stereocenters. The van der Waals surface area contributed by atoms with E-state index in [9.17, 15) is 14.4 Å². The Morgan fingerprint density at radius 3 is 2.71 bits per heavy atom. The monoisotopic (exact) mass is 512 g/mol. The van der Waals surface area contributed by atoms with Crippen molar-refractivity contribution in [2.24, 2.45) is 5.73 Å². The van der Waals surface area contributed by atoms with Crippen LogP contribution in [0.15, 0.2) is 48.0 Å². The van der Waals surface area contributed by atoms with Gasteiger partial charge in [0.1, 0.15) is 10.9 Å². The fourth-order valence-corrected chi connectivity index (χ4v) is 5.22. The van der Waals surface area contributed by atoms with E-state index in [1.807, 2.05) is 41.8 Å². The molecule has 4 aromatic rings. The third-order valence-electron chi connectivity index (χ3n) is 5.40. The van der Waals surface area contributed by atoms with E-state index in [1.165, 1.54) is 16.2 Å². The summed E-state index contributed by atoms with van der Waals surface area (Å²) in [6, 6.07) is 10.3. The smallest absolute Gasteiger partial charge is 0.270 e. The number of methoxy groups -OCH3 is 1. The Hall–Kier alpha value is -3.74. The molecule has 3 aromatic heterocycles. The van der Waals surface area contributed by atoms with E-state index in [2.05, 4.69) is 14.7 Å². The van der Waals surface area contributed by atoms with Crippen LogP contribution in [0.2, 0.25) is 0 Å². The zero-order valence-electron chi connectivity index (χ0n) is 18.8. The molecule has 12 heteroatoms. The van der Waals surface area contributed by atoms with Gasteiger partial charge in [0.2, 0.25) is 5.91 Å². The normalized spacial score (nSPS) is 11.9. The second-order valence-electron chi connectivity index (χ2n) is 7.63. The second-order valence-corrected chi connectivity index (χ2v) is 9.43. The molecule has 3 heterocycles. The number of hydrogen-bond acceptors (Lipinski definition) is 8. The van der Waals surface area contributed by atoms with Gasteiger partial charge in [0.05, 0.1) is 18.8 Å². The van der Waals surface area contributed by atoms with Gasteiger partial charge in [0, 0.05) is 41.2 Å². The number of carbonyl (C=O) groups is 3. The summed E-state index contributed by atoms with van der Waals surface area (Å²) in [5.74, 6) is -1.74. The van der Waals surface area contributed by atoms with E-state index < -0.39 is 17.9 Å². The number of benzene rings is 1. The molecule has 0 spiro atoms. The van der Waals surface area contributed by atoms with Crippen LogP contribution in [0.3, 0.4) is 0 Å². The highest BCUT2D eigenvalue weighted by atomic mass is 32.1. The highest BCUT2D eigenvalue weighted by Crippen LogP contribution is 2.34. The summed E-state index contributed by atoms with van der Waals surface area (Å²) in [4.78, 5) is 44.7. The van der Waals surface area contributed by atoms with Crippen LogP contribution in [-0.2, 0) is 16.1 Å². The van der Waals surface area contributed by atoms with Gasteiger partial charge in [-0.3, -0.25) is 14.4 Å². The number of primary amides is 1. The van der Waals surface area contributed by atoms with Crippen LogP contribution < -0.4 is 16.8 Å². The molecule has 0 saturated heterocycles. The zero-order valence-corrected chi connectivity index (χ0v) is 20.4. The molecule has 1 atom stereocenters. The Kier molecular flexibility index (Phi) is 7.44. The average molecular weight is 513 g/mol. The van der Waals surface area contributed by atoms with Crippen molar-refractivity contribution in [2.45, 2.75) is 12.6 Å². The van der Waals surface area contributed by atoms with Crippen molar-refractivity contribution in [3.63, 3.8) is 0 Å². The molecule has 6 N–H and O–H groups in total. The molecule has 0 aliphatic carbocycles. The fraction of sp³-hybridized carbons (Fsp3) is 0.217. The van der Waals surface area contributed by atoms with E-state index in [-0.39, 0.29) is 35.3 Å². The maximum Gasteiger partial charge on any atom is 0.270 e. The van der Waals surface area contributed by atoms with Crippen molar-refractivity contribution in [1.29, 1.82) is 0 Å². The summed E-state index contributed by atoms with van der Waals surface area (Å²) in [6.07, 6.45) is 1.73. The Morgan fingerprint density at radius 2 is 2.03 bits per heavy atom. The van der Waals surface area contributed by atoms with Crippen molar-refractivity contribution >= 4 is 57.2 Å². The Morgan fingerprint density at radius 1 is 1.23 bits per heavy atom. The summed E-state index contributed by atoms with van der Waals surface area (Å²) in [7, 11) is 1.54. The number of aromatic nitrogens is 2. The molecular weight excluding hydrogens is 488 g/mol. The SMILES string of the molecule is COCCNC(=O)[C@H](c1c[nH]c2ccccc12)N(Cc1cccs1)C(=O)c1snc(C(N)=O)c1N. The van der Waals surface area contributed by atoms with Crippen LogP contribution in [0.5, 0.6) is 0 Å². The van der Waals surface area contributed by atoms with Gasteiger partial charge in [0.15, 0.2) is 5.69 Å². The largest absolute Gasteiger partial charge is 0.395 e. The van der Waals surface area contributed by atoms with E-state index in [4.69, 9.17) is 16.2 Å². The number of H-pyrrole nitrogens is 1. The predicted octanol–water partition coefficient (Wildman–Crippen LogP) is 2.51. The standard InChI is InChI=1S/C23H24N6O4S2/c1-33-9-8-26-22(31)19(15-11-27-16-7-3-2-6-14(15)16)29(12-13-5-4-10-34-13)23(32)20-17(24)18(21(25)30)28-35-20/h2-7,10-11,19,27H,8-9,12,24H2,1H3,(H2,25,30)(H,26,31)/t19-/m0/s1. The highest BCUT2D eigenvalue weighted by molar-refractivity contribution is 7.10. The molecule has 0 aliphatic heterocycles. The first-order valence-electron chi connectivity index (χ1n) is 10.6. The molecule has 0 saturated carbocycles. The van der Waals surface area contributed by atoms with E-state index in [0.29, 0.717) is 12.2 Å². The van der Waals surface area contributed by atoms with Crippen molar-refractivity contribution in [2.75, 3.05) is 26.0 Å². The van der Waals surface area contributed by atoms with E-state index in [0.717, 1.165) is 27.3 Å². The number of ether oxygens (including phenoxy) is 1. The molecule has 182 valence electrons. The highest BCUT2D eigenvalue weighted by Gasteiger charge is 2.36. The number of rotatable bonds is 10. The van der Waals surface area contributed by atoms with Crippen LogP contribution in [0.1, 0.15) is 36.6 Å². The molecule has 0 radical (unpaired) electrons. The average Bonchev–Trinajstić information content (AvgIpc) is 3.59. The number of nitrogens with one attached hydrogen (secondary N) is 2. The fourth-order valence-electron chi connectivity index (χ4n) is 3.75. The van der Waals surface area contributed by atoms with Gasteiger partial charge in [-0.15, -0.1) is 11.3 Å². The lowest BCUT2D eigenvalue weighted by molar-refractivity contribution is -0.126. The maximum absolute atomic E-state index is 13.9. The topological polar surface area (TPSA) is 156 Å². The summed E-state index contributed by atoms with van der Waals surface area (Å²) >= 11 is 2.24. The van der Waals surface area contributed by atoms with E-state index >= 15 is 0 Å². The lowest BCUT2D eigenvalue weighted by Gasteiger charge is -2.30. The number of nitrogen functional groups attached to an aromatic ring is 1. The Bertz CT molecular complexity index is 1350. The number of aromatic amines is 1. The molecule has 1 aromatic carbocycles. The van der Waals surface area contributed by atoms with Gasteiger partial charge in [0.25, 0.3) is 11.8 Å². The summed E-state index contributed by atoms with van der Waals surface area (Å²) in [6.45, 7) is 0.723. The number of hydrogen-bond donors (Lipinski definition) is 4. The second kappa shape index (κ2) is 10.7. The van der Waals surface area contributed by atoms with Crippen LogP contribution in [0, 0.1) is 0 Å².